The van der Waals surface area contributed by atoms with E-state index in [0.717, 1.165) is 30.0 Å². The molecule has 1 heterocycles. The maximum Gasteiger partial charge on any atom is 0.191 e. The van der Waals surface area contributed by atoms with Gasteiger partial charge in [-0.05, 0) is 38.0 Å². The molecule has 0 aliphatic rings. The molecule has 0 radical (unpaired) electrons. The van der Waals surface area contributed by atoms with Crippen molar-refractivity contribution in [3.05, 3.63) is 59.3 Å². The molecule has 0 atom stereocenters. The molecule has 0 saturated carbocycles. The maximum atomic E-state index is 5.79. The number of nitrogens with zero attached hydrogens (tertiary/aromatic N) is 1. The molecule has 0 saturated heterocycles. The Morgan fingerprint density at radius 2 is 2.15 bits per heavy atom. The summed E-state index contributed by atoms with van der Waals surface area (Å²) in [7, 11) is 0. The van der Waals surface area contributed by atoms with Gasteiger partial charge in [0.2, 0.25) is 0 Å². The Morgan fingerprint density at radius 3 is 2.85 bits per heavy atom. The fourth-order valence-electron chi connectivity index (χ4n) is 2.09. The molecule has 0 aliphatic heterocycles. The lowest BCUT2D eigenvalue weighted by molar-refractivity contribution is 0.319. The fourth-order valence-corrected chi connectivity index (χ4v) is 2.09. The van der Waals surface area contributed by atoms with Crippen LogP contribution in [0.2, 0.25) is 0 Å². The Hall–Kier alpha value is -2.03. The van der Waals surface area contributed by atoms with E-state index in [9.17, 15) is 0 Å². The van der Waals surface area contributed by atoms with E-state index < -0.39 is 0 Å². The van der Waals surface area contributed by atoms with Gasteiger partial charge in [0.25, 0.3) is 0 Å². The van der Waals surface area contributed by atoms with Crippen LogP contribution in [0.4, 0.5) is 0 Å². The highest BCUT2D eigenvalue weighted by Gasteiger charge is 2.06. The number of oxazole rings is 1. The first-order valence-electron chi connectivity index (χ1n) is 6.95. The molecule has 3 heteroatoms. The standard InChI is InChI=1S/C17H21NO2/c1-4-5-7-15-8-6-9-16(12-15)19-11-10-17-13(2)20-14(3)18-17/h4-6,8-9,12H,7,10-11H2,1-3H3/b5-4+. The van der Waals surface area contributed by atoms with Gasteiger partial charge in [-0.15, -0.1) is 0 Å². The van der Waals surface area contributed by atoms with Crippen LogP contribution in [-0.2, 0) is 12.8 Å². The molecular formula is C17H21NO2. The van der Waals surface area contributed by atoms with Crippen LogP contribution >= 0.6 is 0 Å². The third kappa shape index (κ3) is 3.98. The van der Waals surface area contributed by atoms with Crippen molar-refractivity contribution < 1.29 is 9.15 Å². The highest BCUT2D eigenvalue weighted by molar-refractivity contribution is 5.29. The quantitative estimate of drug-likeness (QED) is 0.744. The van der Waals surface area contributed by atoms with Crippen LogP contribution in [0, 0.1) is 13.8 Å². The monoisotopic (exact) mass is 271 g/mol. The molecule has 20 heavy (non-hydrogen) atoms. The van der Waals surface area contributed by atoms with E-state index in [1.165, 1.54) is 5.56 Å². The molecule has 0 unspecified atom stereocenters. The molecule has 0 spiro atoms. The lowest BCUT2D eigenvalue weighted by atomic mass is 10.1. The molecule has 1 aromatic heterocycles. The van der Waals surface area contributed by atoms with Crippen LogP contribution in [0.25, 0.3) is 0 Å². The number of aryl methyl sites for hydroxylation is 2. The maximum absolute atomic E-state index is 5.79. The topological polar surface area (TPSA) is 35.3 Å². The molecule has 2 aromatic rings. The molecule has 0 bridgehead atoms. The van der Waals surface area contributed by atoms with Gasteiger partial charge < -0.3 is 9.15 Å². The summed E-state index contributed by atoms with van der Waals surface area (Å²) in [5.74, 6) is 2.50. The molecule has 1 aromatic carbocycles. The second-order valence-electron chi connectivity index (χ2n) is 4.75. The first-order valence-corrected chi connectivity index (χ1v) is 6.95. The Labute approximate surface area is 120 Å². The molecule has 3 nitrogen and oxygen atoms in total. The van der Waals surface area contributed by atoms with Gasteiger partial charge >= 0.3 is 0 Å². The van der Waals surface area contributed by atoms with Crippen molar-refractivity contribution in [2.45, 2.75) is 33.6 Å². The number of hydrogen-bond donors (Lipinski definition) is 0. The number of aromatic nitrogens is 1. The van der Waals surface area contributed by atoms with Gasteiger partial charge in [0.05, 0.1) is 12.3 Å². The van der Waals surface area contributed by atoms with Gasteiger partial charge in [0.1, 0.15) is 11.5 Å². The third-order valence-electron chi connectivity index (χ3n) is 3.09. The predicted molar refractivity (Wildman–Crippen MR) is 80.1 cm³/mol. The second-order valence-corrected chi connectivity index (χ2v) is 4.75. The molecular weight excluding hydrogens is 250 g/mol. The van der Waals surface area contributed by atoms with Gasteiger partial charge in [-0.2, -0.15) is 0 Å². The van der Waals surface area contributed by atoms with E-state index in [1.54, 1.807) is 0 Å². The van der Waals surface area contributed by atoms with Crippen molar-refractivity contribution >= 4 is 0 Å². The average molecular weight is 271 g/mol. The Balaban J connectivity index is 1.89. The van der Waals surface area contributed by atoms with Crippen LogP contribution in [-0.4, -0.2) is 11.6 Å². The van der Waals surface area contributed by atoms with Crippen LogP contribution in [0.15, 0.2) is 40.8 Å². The highest BCUT2D eigenvalue weighted by Crippen LogP contribution is 2.15. The van der Waals surface area contributed by atoms with Crippen molar-refractivity contribution in [2.24, 2.45) is 0 Å². The van der Waals surface area contributed by atoms with Crippen molar-refractivity contribution in [1.29, 1.82) is 0 Å². The number of rotatable bonds is 6. The first kappa shape index (κ1) is 14.4. The van der Waals surface area contributed by atoms with E-state index in [0.29, 0.717) is 12.5 Å². The van der Waals surface area contributed by atoms with Gasteiger partial charge in [0.15, 0.2) is 5.89 Å². The zero-order chi connectivity index (χ0) is 14.4. The Kier molecular flexibility index (Phi) is 4.99. The van der Waals surface area contributed by atoms with E-state index in [1.807, 2.05) is 32.9 Å². The van der Waals surface area contributed by atoms with E-state index in [-0.39, 0.29) is 0 Å². The van der Waals surface area contributed by atoms with Crippen LogP contribution in [0.1, 0.15) is 29.8 Å². The average Bonchev–Trinajstić information content (AvgIpc) is 2.75. The van der Waals surface area contributed by atoms with Crippen LogP contribution in [0.3, 0.4) is 0 Å². The minimum atomic E-state index is 0.611. The van der Waals surface area contributed by atoms with Gasteiger partial charge in [-0.3, -0.25) is 0 Å². The number of ether oxygens (including phenoxy) is 1. The fraction of sp³-hybridized carbons (Fsp3) is 0.353. The largest absolute Gasteiger partial charge is 0.493 e. The smallest absolute Gasteiger partial charge is 0.191 e. The third-order valence-corrected chi connectivity index (χ3v) is 3.09. The van der Waals surface area contributed by atoms with Crippen molar-refractivity contribution in [2.75, 3.05) is 6.61 Å². The minimum absolute atomic E-state index is 0.611. The predicted octanol–water partition coefficient (Wildman–Crippen LogP) is 4.03. The van der Waals surface area contributed by atoms with Gasteiger partial charge in [-0.1, -0.05) is 24.3 Å². The lowest BCUT2D eigenvalue weighted by Gasteiger charge is -2.06. The SMILES string of the molecule is C/C=C/Cc1cccc(OCCc2nc(C)oc2C)c1. The summed E-state index contributed by atoms with van der Waals surface area (Å²) < 4.78 is 11.2. The molecule has 0 fully saturated rings. The molecule has 0 aliphatic carbocycles. The summed E-state index contributed by atoms with van der Waals surface area (Å²) in [6, 6.07) is 8.21. The molecule has 0 N–H and O–H groups in total. The number of hydrogen-bond acceptors (Lipinski definition) is 3. The lowest BCUT2D eigenvalue weighted by Crippen LogP contribution is -2.03. The Bertz CT molecular complexity index is 584. The molecule has 0 amide bonds. The number of allylic oxidation sites excluding steroid dienone is 2. The van der Waals surface area contributed by atoms with E-state index >= 15 is 0 Å². The summed E-state index contributed by atoms with van der Waals surface area (Å²) in [5.41, 5.74) is 2.24. The van der Waals surface area contributed by atoms with Crippen molar-refractivity contribution in [3.8, 4) is 5.75 Å². The second kappa shape index (κ2) is 6.94. The molecule has 106 valence electrons. The molecule has 2 rings (SSSR count). The zero-order valence-electron chi connectivity index (χ0n) is 12.3. The summed E-state index contributed by atoms with van der Waals surface area (Å²) >= 11 is 0. The van der Waals surface area contributed by atoms with Crippen molar-refractivity contribution in [1.82, 2.24) is 4.98 Å². The van der Waals surface area contributed by atoms with Crippen LogP contribution in [0.5, 0.6) is 5.75 Å². The number of benzene rings is 1. The normalized spacial score (nSPS) is 11.2. The summed E-state index contributed by atoms with van der Waals surface area (Å²) in [6.45, 7) is 6.44. The highest BCUT2D eigenvalue weighted by atomic mass is 16.5. The minimum Gasteiger partial charge on any atom is -0.493 e. The zero-order valence-corrected chi connectivity index (χ0v) is 12.3. The van der Waals surface area contributed by atoms with Crippen LogP contribution < -0.4 is 4.74 Å². The van der Waals surface area contributed by atoms with Gasteiger partial charge in [-0.25, -0.2) is 4.98 Å². The summed E-state index contributed by atoms with van der Waals surface area (Å²) in [5, 5.41) is 0. The van der Waals surface area contributed by atoms with E-state index in [2.05, 4.69) is 29.3 Å². The first-order chi connectivity index (χ1) is 9.69. The summed E-state index contributed by atoms with van der Waals surface area (Å²) in [4.78, 5) is 4.34. The van der Waals surface area contributed by atoms with Crippen molar-refractivity contribution in [3.63, 3.8) is 0 Å². The van der Waals surface area contributed by atoms with E-state index in [4.69, 9.17) is 9.15 Å². The Morgan fingerprint density at radius 1 is 1.30 bits per heavy atom. The summed E-state index contributed by atoms with van der Waals surface area (Å²) in [6.07, 6.45) is 5.90. The van der Waals surface area contributed by atoms with Gasteiger partial charge in [0, 0.05) is 13.3 Å².